The Balaban J connectivity index is 1.72. The first kappa shape index (κ1) is 10.6. The van der Waals surface area contributed by atoms with Crippen LogP contribution in [0.4, 0.5) is 0 Å². The van der Waals surface area contributed by atoms with Crippen LogP contribution in [0.5, 0.6) is 0 Å². The highest BCUT2D eigenvalue weighted by molar-refractivity contribution is 6.30. The summed E-state index contributed by atoms with van der Waals surface area (Å²) in [6, 6.07) is 7.70. The van der Waals surface area contributed by atoms with Gasteiger partial charge in [0.25, 0.3) is 0 Å². The lowest BCUT2D eigenvalue weighted by molar-refractivity contribution is 0.504. The molecule has 0 radical (unpaired) electrons. The van der Waals surface area contributed by atoms with E-state index in [1.165, 1.54) is 36.8 Å². The molecular weight excluding hydrogens is 218 g/mol. The van der Waals surface area contributed by atoms with Gasteiger partial charge in [0, 0.05) is 17.1 Å². The fourth-order valence-corrected chi connectivity index (χ4v) is 3.12. The standard InChI is InChI=1S/C14H18ClN/c1-2-9-8-14(9)16-13-6-3-10-7-11(15)4-5-12(10)13/h4-5,7,9,13-14,16H,2-3,6,8H2,1H3. The molecule has 0 heterocycles. The summed E-state index contributed by atoms with van der Waals surface area (Å²) in [4.78, 5) is 0. The van der Waals surface area contributed by atoms with Gasteiger partial charge in [-0.3, -0.25) is 0 Å². The zero-order valence-electron chi connectivity index (χ0n) is 9.67. The molecule has 1 aromatic rings. The van der Waals surface area contributed by atoms with E-state index in [0.29, 0.717) is 6.04 Å². The van der Waals surface area contributed by atoms with E-state index in [2.05, 4.69) is 24.4 Å². The lowest BCUT2D eigenvalue weighted by Gasteiger charge is -2.13. The van der Waals surface area contributed by atoms with Crippen molar-refractivity contribution in [1.82, 2.24) is 5.32 Å². The van der Waals surface area contributed by atoms with E-state index >= 15 is 0 Å². The minimum Gasteiger partial charge on any atom is -0.307 e. The highest BCUT2D eigenvalue weighted by Crippen LogP contribution is 2.39. The van der Waals surface area contributed by atoms with Gasteiger partial charge < -0.3 is 5.32 Å². The third-order valence-corrected chi connectivity index (χ3v) is 4.28. The summed E-state index contributed by atoms with van der Waals surface area (Å²) < 4.78 is 0. The van der Waals surface area contributed by atoms with Crippen LogP contribution in [0.3, 0.4) is 0 Å². The summed E-state index contributed by atoms with van der Waals surface area (Å²) in [6.45, 7) is 2.29. The molecular formula is C14H18ClN. The first-order chi connectivity index (χ1) is 7.78. The average Bonchev–Trinajstić information content (AvgIpc) is 2.92. The number of halogens is 1. The molecule has 0 amide bonds. The van der Waals surface area contributed by atoms with Crippen molar-refractivity contribution in [3.05, 3.63) is 34.3 Å². The number of benzene rings is 1. The molecule has 0 saturated heterocycles. The van der Waals surface area contributed by atoms with Crippen LogP contribution in [-0.2, 0) is 6.42 Å². The number of rotatable bonds is 3. The fraction of sp³-hybridized carbons (Fsp3) is 0.571. The second kappa shape index (κ2) is 4.05. The molecule has 0 aromatic heterocycles. The molecule has 2 aliphatic rings. The Kier molecular flexibility index (Phi) is 2.68. The summed E-state index contributed by atoms with van der Waals surface area (Å²) in [7, 11) is 0. The first-order valence-corrected chi connectivity index (χ1v) is 6.70. The van der Waals surface area contributed by atoms with Crippen LogP contribution in [0.15, 0.2) is 18.2 Å². The average molecular weight is 236 g/mol. The molecule has 1 aromatic carbocycles. The van der Waals surface area contributed by atoms with Crippen molar-refractivity contribution in [2.24, 2.45) is 5.92 Å². The number of nitrogens with one attached hydrogen (secondary N) is 1. The molecule has 86 valence electrons. The lowest BCUT2D eigenvalue weighted by atomic mass is 10.1. The Hall–Kier alpha value is -0.530. The summed E-state index contributed by atoms with van der Waals surface area (Å²) in [6.07, 6.45) is 5.10. The third kappa shape index (κ3) is 1.87. The second-order valence-corrected chi connectivity index (χ2v) is 5.55. The highest BCUT2D eigenvalue weighted by atomic mass is 35.5. The van der Waals surface area contributed by atoms with Crippen molar-refractivity contribution in [2.45, 2.75) is 44.7 Å². The van der Waals surface area contributed by atoms with Gasteiger partial charge in [-0.2, -0.15) is 0 Å². The number of fused-ring (bicyclic) bond motifs is 1. The molecule has 1 nitrogen and oxygen atoms in total. The molecule has 3 atom stereocenters. The van der Waals surface area contributed by atoms with Crippen LogP contribution in [0.25, 0.3) is 0 Å². The monoisotopic (exact) mass is 235 g/mol. The van der Waals surface area contributed by atoms with Crippen molar-refractivity contribution in [1.29, 1.82) is 0 Å². The number of hydrogen-bond donors (Lipinski definition) is 1. The topological polar surface area (TPSA) is 12.0 Å². The maximum absolute atomic E-state index is 6.01. The first-order valence-electron chi connectivity index (χ1n) is 6.32. The van der Waals surface area contributed by atoms with Gasteiger partial charge in [0.15, 0.2) is 0 Å². The van der Waals surface area contributed by atoms with E-state index in [0.717, 1.165) is 17.0 Å². The van der Waals surface area contributed by atoms with E-state index in [9.17, 15) is 0 Å². The predicted molar refractivity (Wildman–Crippen MR) is 67.8 cm³/mol. The molecule has 16 heavy (non-hydrogen) atoms. The summed E-state index contributed by atoms with van der Waals surface area (Å²) in [5, 5.41) is 4.66. The summed E-state index contributed by atoms with van der Waals surface area (Å²) in [5.41, 5.74) is 2.92. The van der Waals surface area contributed by atoms with Crippen LogP contribution >= 0.6 is 11.6 Å². The summed E-state index contributed by atoms with van der Waals surface area (Å²) >= 11 is 6.01. The van der Waals surface area contributed by atoms with Crippen LogP contribution in [0.1, 0.15) is 43.4 Å². The largest absolute Gasteiger partial charge is 0.307 e. The fourth-order valence-electron chi connectivity index (χ4n) is 2.92. The van der Waals surface area contributed by atoms with E-state index in [4.69, 9.17) is 11.6 Å². The smallest absolute Gasteiger partial charge is 0.0408 e. The Morgan fingerprint density at radius 2 is 2.31 bits per heavy atom. The third-order valence-electron chi connectivity index (χ3n) is 4.05. The number of hydrogen-bond acceptors (Lipinski definition) is 1. The van der Waals surface area contributed by atoms with Crippen LogP contribution < -0.4 is 5.32 Å². The van der Waals surface area contributed by atoms with Gasteiger partial charge in [0.05, 0.1) is 0 Å². The Morgan fingerprint density at radius 1 is 1.44 bits per heavy atom. The minimum atomic E-state index is 0.578. The molecule has 1 N–H and O–H groups in total. The van der Waals surface area contributed by atoms with Crippen molar-refractivity contribution in [3.8, 4) is 0 Å². The van der Waals surface area contributed by atoms with Gasteiger partial charge in [-0.1, -0.05) is 31.0 Å². The Labute approximate surface area is 102 Å². The van der Waals surface area contributed by atoms with Crippen molar-refractivity contribution in [3.63, 3.8) is 0 Å². The van der Waals surface area contributed by atoms with E-state index in [-0.39, 0.29) is 0 Å². The van der Waals surface area contributed by atoms with Gasteiger partial charge in [-0.15, -0.1) is 0 Å². The van der Waals surface area contributed by atoms with E-state index in [1.807, 2.05) is 6.07 Å². The summed E-state index contributed by atoms with van der Waals surface area (Å²) in [5.74, 6) is 0.927. The molecule has 0 spiro atoms. The van der Waals surface area contributed by atoms with Crippen LogP contribution in [0, 0.1) is 5.92 Å². The maximum Gasteiger partial charge on any atom is 0.0408 e. The number of aryl methyl sites for hydroxylation is 1. The van der Waals surface area contributed by atoms with Crippen molar-refractivity contribution < 1.29 is 0 Å². The van der Waals surface area contributed by atoms with E-state index < -0.39 is 0 Å². The van der Waals surface area contributed by atoms with Gasteiger partial charge in [0.2, 0.25) is 0 Å². The minimum absolute atomic E-state index is 0.578. The van der Waals surface area contributed by atoms with Crippen LogP contribution in [-0.4, -0.2) is 6.04 Å². The zero-order valence-corrected chi connectivity index (χ0v) is 10.4. The predicted octanol–water partition coefficient (Wildman–Crippen LogP) is 3.72. The van der Waals surface area contributed by atoms with E-state index in [1.54, 1.807) is 0 Å². The molecule has 3 rings (SSSR count). The van der Waals surface area contributed by atoms with Crippen LogP contribution in [0.2, 0.25) is 5.02 Å². The second-order valence-electron chi connectivity index (χ2n) is 5.11. The van der Waals surface area contributed by atoms with Gasteiger partial charge in [-0.05, 0) is 48.4 Å². The zero-order chi connectivity index (χ0) is 11.1. The van der Waals surface area contributed by atoms with Crippen molar-refractivity contribution in [2.75, 3.05) is 0 Å². The van der Waals surface area contributed by atoms with Crippen molar-refractivity contribution >= 4 is 11.6 Å². The maximum atomic E-state index is 6.01. The van der Waals surface area contributed by atoms with Gasteiger partial charge >= 0.3 is 0 Å². The Morgan fingerprint density at radius 3 is 3.06 bits per heavy atom. The lowest BCUT2D eigenvalue weighted by Crippen LogP contribution is -2.22. The quantitative estimate of drug-likeness (QED) is 0.842. The molecule has 2 heteroatoms. The molecule has 1 fully saturated rings. The normalized spacial score (nSPS) is 31.5. The molecule has 0 aliphatic heterocycles. The highest BCUT2D eigenvalue weighted by Gasteiger charge is 2.37. The van der Waals surface area contributed by atoms with Gasteiger partial charge in [-0.25, -0.2) is 0 Å². The molecule has 0 bridgehead atoms. The Bertz CT molecular complexity index is 402. The van der Waals surface area contributed by atoms with Gasteiger partial charge in [0.1, 0.15) is 0 Å². The SMILES string of the molecule is CCC1CC1NC1CCc2cc(Cl)ccc21. The molecule has 2 aliphatic carbocycles. The molecule has 1 saturated carbocycles. The molecule has 3 unspecified atom stereocenters.